The van der Waals surface area contributed by atoms with E-state index in [0.29, 0.717) is 0 Å². The summed E-state index contributed by atoms with van der Waals surface area (Å²) in [6.45, 7) is 1.27. The van der Waals surface area contributed by atoms with E-state index in [1.165, 1.54) is 12.3 Å². The van der Waals surface area contributed by atoms with Gasteiger partial charge in [-0.3, -0.25) is 9.52 Å². The fraction of sp³-hybridized carbons (Fsp3) is 0.556. The van der Waals surface area contributed by atoms with Gasteiger partial charge in [0.2, 0.25) is 10.0 Å². The van der Waals surface area contributed by atoms with Crippen LogP contribution in [-0.2, 0) is 10.0 Å². The van der Waals surface area contributed by atoms with Crippen LogP contribution in [-0.4, -0.2) is 31.1 Å². The predicted molar refractivity (Wildman–Crippen MR) is 64.8 cm³/mol. The normalized spacial score (nSPS) is 12.4. The van der Waals surface area contributed by atoms with E-state index in [0.717, 1.165) is 11.3 Å². The summed E-state index contributed by atoms with van der Waals surface area (Å²) in [7, 11) is -3.88. The minimum Gasteiger partial charge on any atom is -0.293 e. The highest BCUT2D eigenvalue weighted by Gasteiger charge is 2.27. The van der Waals surface area contributed by atoms with Crippen LogP contribution in [0.15, 0.2) is 5.38 Å². The van der Waals surface area contributed by atoms with Gasteiger partial charge in [-0.1, -0.05) is 0 Å². The van der Waals surface area contributed by atoms with E-state index < -0.39 is 34.8 Å². The highest BCUT2D eigenvalue weighted by Crippen LogP contribution is 2.22. The van der Waals surface area contributed by atoms with Crippen molar-refractivity contribution in [2.75, 3.05) is 10.5 Å². The van der Waals surface area contributed by atoms with E-state index in [1.54, 1.807) is 0 Å². The van der Waals surface area contributed by atoms with Crippen molar-refractivity contribution in [3.8, 4) is 0 Å². The SMILES string of the molecule is CC(=O)c1csc(NS(=O)(=O)CCCC(F)(F)F)n1. The first-order valence-corrected chi connectivity index (χ1v) is 7.66. The number of alkyl halides is 3. The van der Waals surface area contributed by atoms with E-state index in [4.69, 9.17) is 0 Å². The zero-order valence-electron chi connectivity index (χ0n) is 9.82. The van der Waals surface area contributed by atoms with Gasteiger partial charge < -0.3 is 0 Å². The molecule has 0 aromatic carbocycles. The number of rotatable bonds is 6. The molecule has 0 unspecified atom stereocenters. The largest absolute Gasteiger partial charge is 0.389 e. The van der Waals surface area contributed by atoms with Crippen molar-refractivity contribution in [2.45, 2.75) is 25.9 Å². The number of nitrogens with zero attached hydrogens (tertiary/aromatic N) is 1. The number of Topliss-reactive ketones (excluding diaryl/α,β-unsaturated/α-hetero) is 1. The van der Waals surface area contributed by atoms with Gasteiger partial charge in [0, 0.05) is 18.7 Å². The average Bonchev–Trinajstić information content (AvgIpc) is 2.62. The Hall–Kier alpha value is -1.16. The summed E-state index contributed by atoms with van der Waals surface area (Å²) in [5.74, 6) is -0.972. The molecule has 1 rings (SSSR count). The molecule has 0 saturated carbocycles. The maximum Gasteiger partial charge on any atom is 0.389 e. The van der Waals surface area contributed by atoms with Gasteiger partial charge in [0.15, 0.2) is 10.9 Å². The second kappa shape index (κ2) is 5.87. The van der Waals surface area contributed by atoms with Crippen LogP contribution in [0.4, 0.5) is 18.3 Å². The zero-order valence-corrected chi connectivity index (χ0v) is 11.5. The molecule has 0 bridgehead atoms. The second-order valence-corrected chi connectivity index (χ2v) is 6.43. The number of aromatic nitrogens is 1. The van der Waals surface area contributed by atoms with Crippen LogP contribution in [0.3, 0.4) is 0 Å². The first-order chi connectivity index (χ1) is 8.59. The van der Waals surface area contributed by atoms with Crippen molar-refractivity contribution in [3.63, 3.8) is 0 Å². The maximum atomic E-state index is 11.9. The number of carbonyl (C=O) groups is 1. The van der Waals surface area contributed by atoms with Crippen molar-refractivity contribution in [2.24, 2.45) is 0 Å². The van der Waals surface area contributed by atoms with E-state index in [1.807, 2.05) is 4.72 Å². The molecule has 1 aromatic heterocycles. The number of carbonyl (C=O) groups excluding carboxylic acids is 1. The van der Waals surface area contributed by atoms with Gasteiger partial charge in [0.1, 0.15) is 5.69 Å². The molecule has 108 valence electrons. The highest BCUT2D eigenvalue weighted by molar-refractivity contribution is 7.92. The zero-order chi connectivity index (χ0) is 14.7. The van der Waals surface area contributed by atoms with Crippen LogP contribution in [0.1, 0.15) is 30.3 Å². The Morgan fingerprint density at radius 1 is 1.47 bits per heavy atom. The van der Waals surface area contributed by atoms with Gasteiger partial charge >= 0.3 is 6.18 Å². The smallest absolute Gasteiger partial charge is 0.293 e. The van der Waals surface area contributed by atoms with Crippen LogP contribution >= 0.6 is 11.3 Å². The van der Waals surface area contributed by atoms with Crippen molar-refractivity contribution in [3.05, 3.63) is 11.1 Å². The topological polar surface area (TPSA) is 76.1 Å². The lowest BCUT2D eigenvalue weighted by molar-refractivity contribution is -0.134. The molecular weight excluding hydrogens is 305 g/mol. The van der Waals surface area contributed by atoms with Crippen LogP contribution in [0.5, 0.6) is 0 Å². The quantitative estimate of drug-likeness (QED) is 0.818. The number of nitrogens with one attached hydrogen (secondary N) is 1. The van der Waals surface area contributed by atoms with Crippen LogP contribution in [0.25, 0.3) is 0 Å². The van der Waals surface area contributed by atoms with Gasteiger partial charge in [-0.05, 0) is 6.42 Å². The molecular formula is C9H11F3N2O3S2. The summed E-state index contributed by atoms with van der Waals surface area (Å²) in [5, 5.41) is 1.34. The molecule has 0 aliphatic heterocycles. The fourth-order valence-electron chi connectivity index (χ4n) is 1.13. The van der Waals surface area contributed by atoms with Crippen molar-refractivity contribution in [1.29, 1.82) is 0 Å². The van der Waals surface area contributed by atoms with Crippen molar-refractivity contribution in [1.82, 2.24) is 4.98 Å². The van der Waals surface area contributed by atoms with Gasteiger partial charge in [0.05, 0.1) is 5.75 Å². The molecule has 10 heteroatoms. The number of thiazole rings is 1. The Labute approximate surface area is 111 Å². The lowest BCUT2D eigenvalue weighted by atomic mass is 10.3. The fourth-order valence-corrected chi connectivity index (χ4v) is 3.23. The minimum absolute atomic E-state index is 0.0304. The van der Waals surface area contributed by atoms with E-state index >= 15 is 0 Å². The molecule has 0 fully saturated rings. The van der Waals surface area contributed by atoms with Crippen LogP contribution < -0.4 is 4.72 Å². The molecule has 0 amide bonds. The second-order valence-electron chi connectivity index (χ2n) is 3.73. The monoisotopic (exact) mass is 316 g/mol. The summed E-state index contributed by atoms with van der Waals surface area (Å²) >= 11 is 0.899. The molecule has 0 radical (unpaired) electrons. The molecule has 0 spiro atoms. The van der Waals surface area contributed by atoms with Gasteiger partial charge in [0.25, 0.3) is 0 Å². The van der Waals surface area contributed by atoms with Crippen LogP contribution in [0, 0.1) is 0 Å². The summed E-state index contributed by atoms with van der Waals surface area (Å²) in [4.78, 5) is 14.7. The van der Waals surface area contributed by atoms with Crippen molar-refractivity contribution >= 4 is 32.3 Å². The molecule has 1 heterocycles. The number of hydrogen-bond donors (Lipinski definition) is 1. The third-order valence-corrected chi connectivity index (χ3v) is 4.20. The Morgan fingerprint density at radius 3 is 2.58 bits per heavy atom. The van der Waals surface area contributed by atoms with Gasteiger partial charge in [-0.2, -0.15) is 13.2 Å². The summed E-state index contributed by atoms with van der Waals surface area (Å²) in [5.41, 5.74) is 0.109. The van der Waals surface area contributed by atoms with E-state index in [2.05, 4.69) is 4.98 Å². The molecule has 5 nitrogen and oxygen atoms in total. The third kappa shape index (κ3) is 6.01. The first-order valence-electron chi connectivity index (χ1n) is 5.13. The van der Waals surface area contributed by atoms with Crippen molar-refractivity contribution < 1.29 is 26.4 Å². The highest BCUT2D eigenvalue weighted by atomic mass is 32.2. The van der Waals surface area contributed by atoms with E-state index in [9.17, 15) is 26.4 Å². The van der Waals surface area contributed by atoms with E-state index in [-0.39, 0.29) is 16.6 Å². The maximum absolute atomic E-state index is 11.9. The molecule has 1 N–H and O–H groups in total. The minimum atomic E-state index is -4.38. The van der Waals surface area contributed by atoms with Gasteiger partial charge in [-0.15, -0.1) is 11.3 Å². The number of anilines is 1. The standard InChI is InChI=1S/C9H11F3N2O3S2/c1-6(15)7-5-18-8(13-7)14-19(16,17)4-2-3-9(10,11)12/h5H,2-4H2,1H3,(H,13,14). The lowest BCUT2D eigenvalue weighted by Crippen LogP contribution is -2.18. The molecule has 1 aromatic rings. The average molecular weight is 316 g/mol. The van der Waals surface area contributed by atoms with Crippen LogP contribution in [0.2, 0.25) is 0 Å². The Bertz CT molecular complexity index is 551. The number of ketones is 1. The molecule has 0 saturated heterocycles. The molecule has 0 aliphatic rings. The Kier molecular flexibility index (Phi) is 4.91. The van der Waals surface area contributed by atoms with Gasteiger partial charge in [-0.25, -0.2) is 13.4 Å². The summed E-state index contributed by atoms with van der Waals surface area (Å²) < 4.78 is 60.6. The molecule has 0 atom stereocenters. The number of hydrogen-bond acceptors (Lipinski definition) is 5. The Morgan fingerprint density at radius 2 is 2.11 bits per heavy atom. The Balaban J connectivity index is 2.56. The summed E-state index contributed by atoms with van der Waals surface area (Å²) in [6.07, 6.45) is -6.06. The number of sulfonamides is 1. The lowest BCUT2D eigenvalue weighted by Gasteiger charge is -2.07. The molecule has 19 heavy (non-hydrogen) atoms. The number of halogens is 3. The molecule has 0 aliphatic carbocycles. The summed E-state index contributed by atoms with van der Waals surface area (Å²) in [6, 6.07) is 0. The third-order valence-electron chi connectivity index (χ3n) is 1.98. The predicted octanol–water partition coefficient (Wildman–Crippen LogP) is 2.43. The first kappa shape index (κ1) is 15.9.